The van der Waals surface area contributed by atoms with Crippen LogP contribution in [0.15, 0.2) is 48.5 Å². The first-order valence-corrected chi connectivity index (χ1v) is 20.0. The van der Waals surface area contributed by atoms with Crippen LogP contribution in [0.2, 0.25) is 13.3 Å². The fraction of sp³-hybridized carbons (Fsp3) is 0.519. The van der Waals surface area contributed by atoms with E-state index in [2.05, 4.69) is 49.6 Å². The summed E-state index contributed by atoms with van der Waals surface area (Å²) in [6.45, 7) is 7.52. The Balaban J connectivity index is 2.05. The van der Waals surface area contributed by atoms with Gasteiger partial charge in [-0.05, 0) is 0 Å². The van der Waals surface area contributed by atoms with E-state index in [-0.39, 0.29) is 6.03 Å². The maximum absolute atomic E-state index is 12.5. The number of hydrogen-bond donors (Lipinski definition) is 3. The van der Waals surface area contributed by atoms with Crippen LogP contribution < -0.4 is 19.9 Å². The summed E-state index contributed by atoms with van der Waals surface area (Å²) in [7, 11) is 0. The third-order valence-electron chi connectivity index (χ3n) is 6.44. The van der Waals surface area contributed by atoms with Gasteiger partial charge in [0.15, 0.2) is 0 Å². The van der Waals surface area contributed by atoms with E-state index in [0.717, 1.165) is 17.8 Å². The Bertz CT molecular complexity index is 785. The number of hydrogen-bond acceptors (Lipinski definition) is 2. The first-order chi connectivity index (χ1) is 15.5. The number of carbonyl (C=O) groups is 1. The van der Waals surface area contributed by atoms with Crippen molar-refractivity contribution < 1.29 is 4.79 Å². The minimum atomic E-state index is -2.49. The van der Waals surface area contributed by atoms with Crippen LogP contribution in [0.5, 0.6) is 0 Å². The molecule has 0 fully saturated rings. The predicted molar refractivity (Wildman–Crippen MR) is 143 cm³/mol. The minimum absolute atomic E-state index is 0.130. The molecule has 0 aliphatic carbocycles. The normalized spacial score (nSPS) is 11.3. The zero-order chi connectivity index (χ0) is 23.2. The molecule has 0 aliphatic heterocycles. The van der Waals surface area contributed by atoms with Gasteiger partial charge in [0.05, 0.1) is 0 Å². The third kappa shape index (κ3) is 8.68. The summed E-state index contributed by atoms with van der Waals surface area (Å²) in [5.41, 5.74) is 8.60. The molecule has 4 nitrogen and oxygen atoms in total. The third-order valence-corrected chi connectivity index (χ3v) is 22.0. The molecule has 4 N–H and O–H groups in total. The van der Waals surface area contributed by atoms with Crippen molar-refractivity contribution in [2.45, 2.75) is 79.0 Å². The Morgan fingerprint density at radius 1 is 0.875 bits per heavy atom. The van der Waals surface area contributed by atoms with Crippen molar-refractivity contribution in [1.82, 2.24) is 5.32 Å². The number of nitrogen functional groups attached to an aromatic ring is 1. The molecule has 5 heteroatoms. The Kier molecular flexibility index (Phi) is 12.0. The van der Waals surface area contributed by atoms with Crippen LogP contribution in [-0.4, -0.2) is 31.0 Å². The second-order valence-electron chi connectivity index (χ2n) is 9.04. The van der Waals surface area contributed by atoms with Gasteiger partial charge in [-0.15, -0.1) is 0 Å². The Morgan fingerprint density at radius 2 is 1.47 bits per heavy atom. The maximum atomic E-state index is 12.5. The zero-order valence-corrected chi connectivity index (χ0v) is 23.2. The number of urea groups is 1. The monoisotopic (exact) mass is 545 g/mol. The number of rotatable bonds is 14. The molecule has 0 bridgehead atoms. The summed E-state index contributed by atoms with van der Waals surface area (Å²) in [5, 5.41) is 6.07. The van der Waals surface area contributed by atoms with Crippen molar-refractivity contribution in [3.05, 3.63) is 54.1 Å². The van der Waals surface area contributed by atoms with Gasteiger partial charge < -0.3 is 5.73 Å². The summed E-state index contributed by atoms with van der Waals surface area (Å²) in [6, 6.07) is 16.5. The van der Waals surface area contributed by atoms with Gasteiger partial charge in [0, 0.05) is 0 Å². The summed E-state index contributed by atoms with van der Waals surface area (Å²) in [6.07, 6.45) is 8.62. The summed E-state index contributed by atoms with van der Waals surface area (Å²) in [4.78, 5) is 12.5. The average Bonchev–Trinajstić information content (AvgIpc) is 2.80. The Hall–Kier alpha value is -1.69. The molecule has 2 aromatic carbocycles. The van der Waals surface area contributed by atoms with Crippen LogP contribution in [0.4, 0.5) is 16.2 Å². The van der Waals surface area contributed by atoms with Crippen molar-refractivity contribution in [2.75, 3.05) is 17.6 Å². The van der Waals surface area contributed by atoms with Crippen LogP contribution in [0.1, 0.15) is 64.9 Å². The van der Waals surface area contributed by atoms with Gasteiger partial charge >= 0.3 is 194 Å². The van der Waals surface area contributed by atoms with E-state index < -0.39 is 18.4 Å². The fourth-order valence-corrected chi connectivity index (χ4v) is 20.5. The SMILES string of the molecule is CCC[CH2][Sn]([CH2]CCC)([CH2]CCC)[c]1cccc(NC(=O)NCCc2ccc(N)cc2)c1. The molecule has 0 saturated heterocycles. The van der Waals surface area contributed by atoms with Crippen molar-refractivity contribution >= 4 is 39.4 Å². The molecule has 0 aromatic heterocycles. The molecular weight excluding hydrogens is 501 g/mol. The van der Waals surface area contributed by atoms with E-state index in [1.807, 2.05) is 30.3 Å². The van der Waals surface area contributed by atoms with Gasteiger partial charge in [0.1, 0.15) is 0 Å². The van der Waals surface area contributed by atoms with Gasteiger partial charge in [-0.25, -0.2) is 0 Å². The number of benzene rings is 2. The number of nitrogens with two attached hydrogens (primary N) is 1. The second kappa shape index (κ2) is 14.5. The van der Waals surface area contributed by atoms with Crippen LogP contribution in [0.3, 0.4) is 0 Å². The molecular formula is C27H43N3OSn. The summed E-state index contributed by atoms with van der Waals surface area (Å²) >= 11 is -2.49. The molecule has 2 amide bonds. The molecule has 0 spiro atoms. The predicted octanol–water partition coefficient (Wildman–Crippen LogP) is 6.69. The molecule has 32 heavy (non-hydrogen) atoms. The van der Waals surface area contributed by atoms with Crippen LogP contribution in [0.25, 0.3) is 0 Å². The Labute approximate surface area is 199 Å². The molecule has 0 heterocycles. The molecule has 0 atom stereocenters. The second-order valence-corrected chi connectivity index (χ2v) is 22.3. The summed E-state index contributed by atoms with van der Waals surface area (Å²) < 4.78 is 5.89. The van der Waals surface area contributed by atoms with Crippen molar-refractivity contribution in [1.29, 1.82) is 0 Å². The van der Waals surface area contributed by atoms with E-state index >= 15 is 0 Å². The van der Waals surface area contributed by atoms with E-state index in [4.69, 9.17) is 5.73 Å². The molecule has 0 unspecified atom stereocenters. The van der Waals surface area contributed by atoms with Crippen molar-refractivity contribution in [3.8, 4) is 0 Å². The molecule has 2 aromatic rings. The summed E-state index contributed by atoms with van der Waals surface area (Å²) in [5.74, 6) is 0. The first kappa shape index (κ1) is 26.6. The number of anilines is 2. The molecule has 0 saturated carbocycles. The topological polar surface area (TPSA) is 67.2 Å². The quantitative estimate of drug-likeness (QED) is 0.183. The van der Waals surface area contributed by atoms with Gasteiger partial charge in [0.25, 0.3) is 0 Å². The number of carbonyl (C=O) groups excluding carboxylic acids is 1. The van der Waals surface area contributed by atoms with Gasteiger partial charge in [0.2, 0.25) is 0 Å². The molecule has 0 aliphatic rings. The standard InChI is InChI=1S/C15H16N3O.3C4H9.Sn/c16-13-8-6-12(7-9-13)10-11-17-15(19)18-14-4-2-1-3-5-14;3*1-3-4-2;/h1-2,4-9H,10-11,16H2,(H2,17,18,19);3*1,3-4H2,2H3;. The van der Waals surface area contributed by atoms with Gasteiger partial charge in [-0.1, -0.05) is 0 Å². The molecule has 0 radical (unpaired) electrons. The number of nitrogens with one attached hydrogen (secondary N) is 2. The molecule has 2 rings (SSSR count). The number of unbranched alkanes of at least 4 members (excludes halogenated alkanes) is 3. The van der Waals surface area contributed by atoms with E-state index in [9.17, 15) is 4.79 Å². The van der Waals surface area contributed by atoms with E-state index in [1.165, 1.54) is 57.4 Å². The van der Waals surface area contributed by atoms with Crippen molar-refractivity contribution in [2.24, 2.45) is 0 Å². The Morgan fingerprint density at radius 3 is 2.03 bits per heavy atom. The first-order valence-electron chi connectivity index (χ1n) is 12.5. The van der Waals surface area contributed by atoms with Crippen LogP contribution >= 0.6 is 0 Å². The van der Waals surface area contributed by atoms with Gasteiger partial charge in [-0.2, -0.15) is 0 Å². The zero-order valence-electron chi connectivity index (χ0n) is 20.4. The van der Waals surface area contributed by atoms with Crippen LogP contribution in [0, 0.1) is 0 Å². The average molecular weight is 544 g/mol. The van der Waals surface area contributed by atoms with E-state index in [1.54, 1.807) is 3.58 Å². The van der Waals surface area contributed by atoms with Gasteiger partial charge in [-0.3, -0.25) is 0 Å². The van der Waals surface area contributed by atoms with Crippen molar-refractivity contribution in [3.63, 3.8) is 0 Å². The molecule has 176 valence electrons. The fourth-order valence-electron chi connectivity index (χ4n) is 4.46. The van der Waals surface area contributed by atoms with Crippen LogP contribution in [-0.2, 0) is 6.42 Å². The number of amides is 2. The van der Waals surface area contributed by atoms with E-state index in [0.29, 0.717) is 6.54 Å².